The van der Waals surface area contributed by atoms with Crippen molar-refractivity contribution in [3.8, 4) is 0 Å². The van der Waals surface area contributed by atoms with E-state index in [2.05, 4.69) is 20.6 Å². The third kappa shape index (κ3) is 4.33. The first-order valence-electron chi connectivity index (χ1n) is 9.56. The Balaban J connectivity index is 1.41. The van der Waals surface area contributed by atoms with E-state index in [4.69, 9.17) is 0 Å². The standard InChI is InChI=1S/C24H20N4O2/c1-16(27-24(30)20-3-2-18-8-13-26-15-21(18)14-20)17-4-6-22(7-5-17)28-23(29)19-9-11-25-12-10-19/h2-16H,1H3,(H,27,30)(H,28,29). The Labute approximate surface area is 174 Å². The fourth-order valence-electron chi connectivity index (χ4n) is 3.15. The van der Waals surface area contributed by atoms with Gasteiger partial charge in [-0.3, -0.25) is 19.6 Å². The number of hydrogen-bond acceptors (Lipinski definition) is 4. The van der Waals surface area contributed by atoms with Gasteiger partial charge < -0.3 is 10.6 Å². The smallest absolute Gasteiger partial charge is 0.255 e. The highest BCUT2D eigenvalue weighted by atomic mass is 16.2. The predicted molar refractivity (Wildman–Crippen MR) is 116 cm³/mol. The molecule has 1 atom stereocenters. The second kappa shape index (κ2) is 8.53. The van der Waals surface area contributed by atoms with E-state index in [1.807, 2.05) is 55.5 Å². The number of aromatic nitrogens is 2. The van der Waals surface area contributed by atoms with Crippen molar-refractivity contribution >= 4 is 28.3 Å². The summed E-state index contributed by atoms with van der Waals surface area (Å²) in [4.78, 5) is 32.9. The molecule has 4 aromatic rings. The summed E-state index contributed by atoms with van der Waals surface area (Å²) in [5.74, 6) is -0.347. The Bertz CT molecular complexity index is 1190. The first-order valence-corrected chi connectivity index (χ1v) is 9.56. The number of rotatable bonds is 5. The minimum absolute atomic E-state index is 0.150. The topological polar surface area (TPSA) is 84.0 Å². The molecule has 0 aliphatic carbocycles. The number of fused-ring (bicyclic) bond motifs is 1. The van der Waals surface area contributed by atoms with Crippen LogP contribution in [0.4, 0.5) is 5.69 Å². The van der Waals surface area contributed by atoms with Crippen LogP contribution >= 0.6 is 0 Å². The predicted octanol–water partition coefficient (Wildman–Crippen LogP) is 4.37. The molecule has 2 heterocycles. The first kappa shape index (κ1) is 19.3. The molecule has 148 valence electrons. The molecule has 2 N–H and O–H groups in total. The van der Waals surface area contributed by atoms with E-state index in [0.717, 1.165) is 16.3 Å². The van der Waals surface area contributed by atoms with E-state index in [9.17, 15) is 9.59 Å². The molecule has 0 aliphatic rings. The highest BCUT2D eigenvalue weighted by Crippen LogP contribution is 2.19. The average Bonchev–Trinajstić information content (AvgIpc) is 2.79. The molecule has 2 amide bonds. The van der Waals surface area contributed by atoms with Crippen LogP contribution in [0.3, 0.4) is 0 Å². The van der Waals surface area contributed by atoms with Gasteiger partial charge in [0.05, 0.1) is 6.04 Å². The van der Waals surface area contributed by atoms with Crippen molar-refractivity contribution in [2.75, 3.05) is 5.32 Å². The summed E-state index contributed by atoms with van der Waals surface area (Å²) in [5, 5.41) is 7.82. The van der Waals surface area contributed by atoms with Crippen LogP contribution < -0.4 is 10.6 Å². The Kier molecular flexibility index (Phi) is 5.48. The molecule has 2 aromatic carbocycles. The van der Waals surface area contributed by atoms with Gasteiger partial charge in [-0.2, -0.15) is 0 Å². The molecular weight excluding hydrogens is 376 g/mol. The lowest BCUT2D eigenvalue weighted by molar-refractivity contribution is 0.0939. The Morgan fingerprint density at radius 2 is 1.50 bits per heavy atom. The molecule has 0 saturated carbocycles. The Hall–Kier alpha value is -4.06. The van der Waals surface area contributed by atoms with Gasteiger partial charge >= 0.3 is 0 Å². The lowest BCUT2D eigenvalue weighted by Gasteiger charge is -2.15. The van der Waals surface area contributed by atoms with Crippen LogP contribution in [0.1, 0.15) is 39.2 Å². The third-order valence-corrected chi connectivity index (χ3v) is 4.86. The fraction of sp³-hybridized carbons (Fsp3) is 0.0833. The second-order valence-corrected chi connectivity index (χ2v) is 6.94. The van der Waals surface area contributed by atoms with Crippen LogP contribution in [0.5, 0.6) is 0 Å². The maximum Gasteiger partial charge on any atom is 0.255 e. The van der Waals surface area contributed by atoms with Crippen molar-refractivity contribution in [1.29, 1.82) is 0 Å². The maximum absolute atomic E-state index is 12.6. The molecule has 0 radical (unpaired) electrons. The molecule has 0 aliphatic heterocycles. The quantitative estimate of drug-likeness (QED) is 0.525. The first-order chi connectivity index (χ1) is 14.6. The number of hydrogen-bond donors (Lipinski definition) is 2. The van der Waals surface area contributed by atoms with Crippen molar-refractivity contribution in [3.63, 3.8) is 0 Å². The monoisotopic (exact) mass is 396 g/mol. The summed E-state index contributed by atoms with van der Waals surface area (Å²) in [6.45, 7) is 1.92. The number of benzene rings is 2. The van der Waals surface area contributed by atoms with Gasteiger partial charge in [0.15, 0.2) is 0 Å². The van der Waals surface area contributed by atoms with Gasteiger partial charge in [0.1, 0.15) is 0 Å². The summed E-state index contributed by atoms with van der Waals surface area (Å²) < 4.78 is 0. The van der Waals surface area contributed by atoms with Crippen molar-refractivity contribution in [3.05, 3.63) is 102 Å². The number of pyridine rings is 2. The highest BCUT2D eigenvalue weighted by Gasteiger charge is 2.12. The Morgan fingerprint density at radius 1 is 0.767 bits per heavy atom. The van der Waals surface area contributed by atoms with Crippen LogP contribution in [-0.2, 0) is 0 Å². The van der Waals surface area contributed by atoms with Gasteiger partial charge in [-0.05, 0) is 60.3 Å². The van der Waals surface area contributed by atoms with Crippen molar-refractivity contribution < 1.29 is 9.59 Å². The van der Waals surface area contributed by atoms with Crippen molar-refractivity contribution in [1.82, 2.24) is 15.3 Å². The second-order valence-electron chi connectivity index (χ2n) is 6.94. The van der Waals surface area contributed by atoms with Crippen LogP contribution in [-0.4, -0.2) is 21.8 Å². The minimum Gasteiger partial charge on any atom is -0.346 e. The number of carbonyl (C=O) groups is 2. The van der Waals surface area contributed by atoms with Gasteiger partial charge in [-0.25, -0.2) is 0 Å². The lowest BCUT2D eigenvalue weighted by atomic mass is 10.1. The SMILES string of the molecule is CC(NC(=O)c1ccc2ccncc2c1)c1ccc(NC(=O)c2ccncc2)cc1. The van der Waals surface area contributed by atoms with E-state index < -0.39 is 0 Å². The molecule has 0 saturated heterocycles. The molecule has 30 heavy (non-hydrogen) atoms. The summed E-state index contributed by atoms with van der Waals surface area (Å²) in [7, 11) is 0. The third-order valence-electron chi connectivity index (χ3n) is 4.86. The number of nitrogens with one attached hydrogen (secondary N) is 2. The molecule has 0 spiro atoms. The van der Waals surface area contributed by atoms with Crippen molar-refractivity contribution in [2.45, 2.75) is 13.0 Å². The summed E-state index contributed by atoms with van der Waals surface area (Å²) in [5.41, 5.74) is 2.75. The largest absolute Gasteiger partial charge is 0.346 e. The molecule has 0 fully saturated rings. The van der Waals surface area contributed by atoms with Crippen LogP contribution in [0.15, 0.2) is 85.5 Å². The van der Waals surface area contributed by atoms with E-state index in [0.29, 0.717) is 16.8 Å². The Morgan fingerprint density at radius 3 is 2.27 bits per heavy atom. The number of anilines is 1. The van der Waals surface area contributed by atoms with Crippen LogP contribution in [0.2, 0.25) is 0 Å². The minimum atomic E-state index is -0.197. The summed E-state index contributed by atoms with van der Waals surface area (Å²) in [6, 6.07) is 18.0. The van der Waals surface area contributed by atoms with Gasteiger partial charge in [-0.15, -0.1) is 0 Å². The molecule has 6 heteroatoms. The molecule has 6 nitrogen and oxygen atoms in total. The average molecular weight is 396 g/mol. The zero-order chi connectivity index (χ0) is 20.9. The lowest BCUT2D eigenvalue weighted by Crippen LogP contribution is -2.26. The molecule has 2 aromatic heterocycles. The zero-order valence-corrected chi connectivity index (χ0v) is 16.4. The summed E-state index contributed by atoms with van der Waals surface area (Å²) >= 11 is 0. The van der Waals surface area contributed by atoms with Gasteiger partial charge in [0, 0.05) is 47.0 Å². The summed E-state index contributed by atoms with van der Waals surface area (Å²) in [6.07, 6.45) is 6.63. The number of carbonyl (C=O) groups excluding carboxylic acids is 2. The maximum atomic E-state index is 12.6. The van der Waals surface area contributed by atoms with Gasteiger partial charge in [-0.1, -0.05) is 18.2 Å². The van der Waals surface area contributed by atoms with E-state index in [1.54, 1.807) is 36.9 Å². The fourth-order valence-corrected chi connectivity index (χ4v) is 3.15. The molecule has 0 bridgehead atoms. The van der Waals surface area contributed by atoms with Crippen molar-refractivity contribution in [2.24, 2.45) is 0 Å². The normalized spacial score (nSPS) is 11.6. The van der Waals surface area contributed by atoms with Gasteiger partial charge in [0.2, 0.25) is 0 Å². The highest BCUT2D eigenvalue weighted by molar-refractivity contribution is 6.04. The zero-order valence-electron chi connectivity index (χ0n) is 16.4. The van der Waals surface area contributed by atoms with E-state index >= 15 is 0 Å². The van der Waals surface area contributed by atoms with Gasteiger partial charge in [0.25, 0.3) is 11.8 Å². The van der Waals surface area contributed by atoms with E-state index in [1.165, 1.54) is 0 Å². The van der Waals surface area contributed by atoms with E-state index in [-0.39, 0.29) is 17.9 Å². The number of amides is 2. The molecular formula is C24H20N4O2. The van der Waals surface area contributed by atoms with Crippen LogP contribution in [0, 0.1) is 0 Å². The molecule has 1 unspecified atom stereocenters. The number of nitrogens with zero attached hydrogens (tertiary/aromatic N) is 2. The van der Waals surface area contributed by atoms with Crippen LogP contribution in [0.25, 0.3) is 10.8 Å². The molecule has 4 rings (SSSR count).